The molecule has 0 spiro atoms. The van der Waals surface area contributed by atoms with Crippen molar-refractivity contribution >= 4 is 34.6 Å². The van der Waals surface area contributed by atoms with E-state index in [1.54, 1.807) is 18.2 Å². The first-order valence-electron chi connectivity index (χ1n) is 10.4. The number of halogens is 3. The number of alkyl halides is 3. The number of furan rings is 1. The summed E-state index contributed by atoms with van der Waals surface area (Å²) in [4.78, 5) is 31.1. The fourth-order valence-corrected chi connectivity index (χ4v) is 3.41. The predicted molar refractivity (Wildman–Crippen MR) is 122 cm³/mol. The number of aromatic carboxylic acids is 1. The number of aromatic nitrogens is 2. The van der Waals surface area contributed by atoms with E-state index in [4.69, 9.17) is 15.3 Å². The summed E-state index contributed by atoms with van der Waals surface area (Å²) < 4.78 is 46.8. The van der Waals surface area contributed by atoms with Crippen LogP contribution in [0.1, 0.15) is 33.7 Å². The Hall–Kier alpha value is -4.47. The number of carboxylic acid groups (broad SMARTS) is 1. The lowest BCUT2D eigenvalue weighted by molar-refractivity contribution is -0.136. The SMILES string of the molecule is Nc1ccc(/C=C/C(=O)CCc2cc3cc(-c4ccc(C(=O)O)cn4)cc(C(F)(F)F)c3o2)cn1. The Kier molecular flexibility index (Phi) is 6.37. The number of allylic oxidation sites excluding steroid dienone is 1. The lowest BCUT2D eigenvalue weighted by Gasteiger charge is -2.10. The Bertz CT molecular complexity index is 1420. The average Bonchev–Trinajstić information content (AvgIpc) is 3.24. The number of nitrogens with zero attached hydrogens (tertiary/aromatic N) is 2. The smallest absolute Gasteiger partial charge is 0.420 e. The average molecular weight is 481 g/mol. The molecule has 10 heteroatoms. The fourth-order valence-electron chi connectivity index (χ4n) is 3.41. The lowest BCUT2D eigenvalue weighted by atomic mass is 10.0. The number of fused-ring (bicyclic) bond motifs is 1. The van der Waals surface area contributed by atoms with Crippen LogP contribution >= 0.6 is 0 Å². The van der Waals surface area contributed by atoms with Gasteiger partial charge in [0.2, 0.25) is 0 Å². The highest BCUT2D eigenvalue weighted by Gasteiger charge is 2.35. The molecule has 0 saturated heterocycles. The summed E-state index contributed by atoms with van der Waals surface area (Å²) in [6, 6.07) is 9.76. The number of anilines is 1. The van der Waals surface area contributed by atoms with Gasteiger partial charge in [0.25, 0.3) is 0 Å². The number of rotatable bonds is 7. The number of hydrogen-bond acceptors (Lipinski definition) is 6. The van der Waals surface area contributed by atoms with Gasteiger partial charge in [0, 0.05) is 36.2 Å². The van der Waals surface area contributed by atoms with Crippen molar-refractivity contribution in [3.63, 3.8) is 0 Å². The molecule has 7 nitrogen and oxygen atoms in total. The van der Waals surface area contributed by atoms with Crippen LogP contribution in [0.3, 0.4) is 0 Å². The van der Waals surface area contributed by atoms with Gasteiger partial charge in [0.05, 0.1) is 16.8 Å². The van der Waals surface area contributed by atoms with E-state index in [0.717, 1.165) is 12.3 Å². The van der Waals surface area contributed by atoms with E-state index in [1.807, 2.05) is 0 Å². The third-order valence-corrected chi connectivity index (χ3v) is 5.17. The molecule has 0 radical (unpaired) electrons. The van der Waals surface area contributed by atoms with Gasteiger partial charge >= 0.3 is 12.1 Å². The molecule has 0 amide bonds. The van der Waals surface area contributed by atoms with Gasteiger partial charge in [-0.3, -0.25) is 9.78 Å². The summed E-state index contributed by atoms with van der Waals surface area (Å²) in [5, 5.41) is 9.19. The van der Waals surface area contributed by atoms with Gasteiger partial charge in [-0.1, -0.05) is 0 Å². The molecule has 1 aromatic carbocycles. The molecule has 0 unspecified atom stereocenters. The zero-order valence-electron chi connectivity index (χ0n) is 18.0. The second-order valence-electron chi connectivity index (χ2n) is 7.71. The molecule has 4 rings (SSSR count). The van der Waals surface area contributed by atoms with Gasteiger partial charge < -0.3 is 15.3 Å². The minimum atomic E-state index is -4.70. The molecular formula is C25H18F3N3O4. The first-order chi connectivity index (χ1) is 16.6. The predicted octanol–water partition coefficient (Wildman–Crippen LogP) is 5.40. The number of carboxylic acids is 1. The van der Waals surface area contributed by atoms with Gasteiger partial charge in [-0.05, 0) is 60.2 Å². The molecule has 3 aromatic heterocycles. The molecule has 0 bridgehead atoms. The van der Waals surface area contributed by atoms with Crippen LogP contribution in [0.15, 0.2) is 65.4 Å². The summed E-state index contributed by atoms with van der Waals surface area (Å²) in [6.45, 7) is 0. The van der Waals surface area contributed by atoms with Gasteiger partial charge in [-0.25, -0.2) is 9.78 Å². The molecule has 0 aliphatic rings. The molecule has 0 fully saturated rings. The molecule has 3 heterocycles. The quantitative estimate of drug-likeness (QED) is 0.339. The maximum absolute atomic E-state index is 13.8. The molecule has 4 aromatic rings. The van der Waals surface area contributed by atoms with Crippen LogP contribution in [0, 0.1) is 0 Å². The molecule has 0 aliphatic carbocycles. The normalized spacial score (nSPS) is 11.9. The van der Waals surface area contributed by atoms with Crippen molar-refractivity contribution in [1.82, 2.24) is 9.97 Å². The molecule has 178 valence electrons. The minimum absolute atomic E-state index is 0.0329. The van der Waals surface area contributed by atoms with E-state index < -0.39 is 17.7 Å². The molecule has 0 saturated carbocycles. The van der Waals surface area contributed by atoms with Crippen molar-refractivity contribution in [1.29, 1.82) is 0 Å². The number of benzene rings is 1. The number of nitrogens with two attached hydrogens (primary N) is 1. The third kappa shape index (κ3) is 5.55. The molecular weight excluding hydrogens is 463 g/mol. The van der Waals surface area contributed by atoms with E-state index in [-0.39, 0.29) is 52.2 Å². The first-order valence-corrected chi connectivity index (χ1v) is 10.4. The van der Waals surface area contributed by atoms with E-state index >= 15 is 0 Å². The molecule has 35 heavy (non-hydrogen) atoms. The van der Waals surface area contributed by atoms with Crippen molar-refractivity contribution in [2.75, 3.05) is 5.73 Å². The topological polar surface area (TPSA) is 119 Å². The summed E-state index contributed by atoms with van der Waals surface area (Å²) in [5.41, 5.74) is 5.14. The van der Waals surface area contributed by atoms with Crippen molar-refractivity contribution < 1.29 is 32.3 Å². The fraction of sp³-hybridized carbons (Fsp3) is 0.120. The number of ketones is 1. The van der Waals surface area contributed by atoms with E-state index in [2.05, 4.69) is 9.97 Å². The highest BCUT2D eigenvalue weighted by atomic mass is 19.4. The Morgan fingerprint density at radius 1 is 1.06 bits per heavy atom. The second kappa shape index (κ2) is 9.41. The molecule has 3 N–H and O–H groups in total. The number of carbonyl (C=O) groups is 2. The Balaban J connectivity index is 1.57. The Morgan fingerprint density at radius 2 is 1.86 bits per heavy atom. The van der Waals surface area contributed by atoms with Gasteiger partial charge in [0.15, 0.2) is 5.78 Å². The second-order valence-corrected chi connectivity index (χ2v) is 7.71. The Morgan fingerprint density at radius 3 is 2.49 bits per heavy atom. The highest BCUT2D eigenvalue weighted by Crippen LogP contribution is 2.39. The van der Waals surface area contributed by atoms with Gasteiger partial charge in [-0.15, -0.1) is 0 Å². The van der Waals surface area contributed by atoms with Gasteiger partial charge in [-0.2, -0.15) is 13.2 Å². The van der Waals surface area contributed by atoms with Gasteiger partial charge in [0.1, 0.15) is 17.2 Å². The van der Waals surface area contributed by atoms with Crippen molar-refractivity contribution in [2.45, 2.75) is 19.0 Å². The molecule has 0 atom stereocenters. The largest absolute Gasteiger partial charge is 0.478 e. The number of nitrogen functional groups attached to an aromatic ring is 1. The monoisotopic (exact) mass is 481 g/mol. The number of carbonyl (C=O) groups excluding carboxylic acids is 1. The number of hydrogen-bond donors (Lipinski definition) is 2. The van der Waals surface area contributed by atoms with E-state index in [9.17, 15) is 22.8 Å². The summed E-state index contributed by atoms with van der Waals surface area (Å²) in [6.07, 6.45) is 0.969. The molecule has 0 aliphatic heterocycles. The zero-order chi connectivity index (χ0) is 25.2. The first kappa shape index (κ1) is 23.7. The van der Waals surface area contributed by atoms with Crippen molar-refractivity contribution in [3.05, 3.63) is 83.4 Å². The zero-order valence-corrected chi connectivity index (χ0v) is 18.0. The van der Waals surface area contributed by atoms with E-state index in [0.29, 0.717) is 11.4 Å². The van der Waals surface area contributed by atoms with Crippen LogP contribution in [-0.2, 0) is 17.4 Å². The van der Waals surface area contributed by atoms with Crippen LogP contribution in [-0.4, -0.2) is 26.8 Å². The minimum Gasteiger partial charge on any atom is -0.478 e. The van der Waals surface area contributed by atoms with Crippen LogP contribution in [0.25, 0.3) is 28.3 Å². The summed E-state index contributed by atoms with van der Waals surface area (Å²) in [5.74, 6) is -0.841. The maximum atomic E-state index is 13.8. The standard InChI is InChI=1S/C25H18F3N3O4/c26-25(27,28)20-11-16(21-7-3-15(13-30-21)24(33)34)9-17-10-19(35-23(17)20)6-5-18(32)4-1-14-2-8-22(29)31-12-14/h1-4,7-13H,5-6H2,(H2,29,31)(H,33,34)/b4-1+. The van der Waals surface area contributed by atoms with Crippen LogP contribution in [0.5, 0.6) is 0 Å². The summed E-state index contributed by atoms with van der Waals surface area (Å²) >= 11 is 0. The maximum Gasteiger partial charge on any atom is 0.420 e. The third-order valence-electron chi connectivity index (χ3n) is 5.17. The number of pyridine rings is 2. The van der Waals surface area contributed by atoms with Crippen LogP contribution in [0.4, 0.5) is 19.0 Å². The Labute approximate surface area is 196 Å². The van der Waals surface area contributed by atoms with Crippen molar-refractivity contribution in [2.24, 2.45) is 0 Å². The van der Waals surface area contributed by atoms with Crippen LogP contribution in [0.2, 0.25) is 0 Å². The number of aryl methyl sites for hydroxylation is 1. The lowest BCUT2D eigenvalue weighted by Crippen LogP contribution is -2.06. The summed E-state index contributed by atoms with van der Waals surface area (Å²) in [7, 11) is 0. The van der Waals surface area contributed by atoms with Crippen molar-refractivity contribution in [3.8, 4) is 11.3 Å². The highest BCUT2D eigenvalue weighted by molar-refractivity contribution is 5.94. The van der Waals surface area contributed by atoms with Crippen LogP contribution < -0.4 is 5.73 Å². The van der Waals surface area contributed by atoms with E-state index in [1.165, 1.54) is 36.5 Å².